The average molecular weight is 417 g/mol. The second-order valence-corrected chi connectivity index (χ2v) is 7.47. The molecule has 0 bridgehead atoms. The molecule has 0 spiro atoms. The summed E-state index contributed by atoms with van der Waals surface area (Å²) in [7, 11) is 0. The number of hydrogen-bond donors (Lipinski definition) is 0. The van der Waals surface area contributed by atoms with E-state index in [4.69, 9.17) is 21.1 Å². The summed E-state index contributed by atoms with van der Waals surface area (Å²) in [5, 5.41) is 0.789. The number of carbonyl (C=O) groups is 1. The highest BCUT2D eigenvalue weighted by molar-refractivity contribution is 6.31. The summed E-state index contributed by atoms with van der Waals surface area (Å²) < 4.78 is 11.1. The number of halogens is 1. The number of carbonyl (C=O) groups excluding carboxylic acids is 1. The SMILES string of the molecule is CCOCCOc1ccccc1C(=O)N1CCN(C(C)c2ccccc2Cl)CC1. The Bertz CT molecular complexity index is 806. The minimum absolute atomic E-state index is 0.0158. The van der Waals surface area contributed by atoms with Gasteiger partial charge in [0.25, 0.3) is 5.91 Å². The van der Waals surface area contributed by atoms with Crippen LogP contribution in [-0.2, 0) is 4.74 Å². The third kappa shape index (κ3) is 5.50. The minimum atomic E-state index is 0.0158. The quantitative estimate of drug-likeness (QED) is 0.602. The van der Waals surface area contributed by atoms with Crippen LogP contribution in [0.25, 0.3) is 0 Å². The number of para-hydroxylation sites is 1. The zero-order chi connectivity index (χ0) is 20.6. The predicted molar refractivity (Wildman–Crippen MR) is 116 cm³/mol. The normalized spacial score (nSPS) is 15.9. The Balaban J connectivity index is 1.60. The Hall–Kier alpha value is -2.08. The largest absolute Gasteiger partial charge is 0.490 e. The first-order chi connectivity index (χ1) is 14.1. The van der Waals surface area contributed by atoms with E-state index >= 15 is 0 Å². The van der Waals surface area contributed by atoms with Gasteiger partial charge in [-0.15, -0.1) is 0 Å². The van der Waals surface area contributed by atoms with E-state index in [1.54, 1.807) is 0 Å². The Labute approximate surface area is 178 Å². The van der Waals surface area contributed by atoms with Crippen molar-refractivity contribution in [1.82, 2.24) is 9.80 Å². The van der Waals surface area contributed by atoms with E-state index in [0.29, 0.717) is 44.2 Å². The van der Waals surface area contributed by atoms with Gasteiger partial charge in [-0.05, 0) is 37.6 Å². The van der Waals surface area contributed by atoms with Crippen molar-refractivity contribution >= 4 is 17.5 Å². The average Bonchev–Trinajstić information content (AvgIpc) is 2.76. The molecule has 156 valence electrons. The maximum absolute atomic E-state index is 13.1. The number of hydrogen-bond acceptors (Lipinski definition) is 4. The van der Waals surface area contributed by atoms with Crippen LogP contribution in [0.4, 0.5) is 0 Å². The fourth-order valence-corrected chi connectivity index (χ4v) is 3.91. The summed E-state index contributed by atoms with van der Waals surface area (Å²) in [6.07, 6.45) is 0. The predicted octanol–water partition coefficient (Wildman–Crippen LogP) is 4.27. The summed E-state index contributed by atoms with van der Waals surface area (Å²) in [5.74, 6) is 0.631. The Morgan fingerprint density at radius 3 is 2.45 bits per heavy atom. The van der Waals surface area contributed by atoms with Crippen molar-refractivity contribution < 1.29 is 14.3 Å². The third-order valence-corrected chi connectivity index (χ3v) is 5.66. The first-order valence-corrected chi connectivity index (χ1v) is 10.6. The lowest BCUT2D eigenvalue weighted by molar-refractivity contribution is 0.0575. The molecule has 1 atom stereocenters. The number of benzene rings is 2. The molecule has 0 radical (unpaired) electrons. The van der Waals surface area contributed by atoms with Crippen molar-refractivity contribution in [3.05, 3.63) is 64.7 Å². The van der Waals surface area contributed by atoms with Crippen molar-refractivity contribution in [1.29, 1.82) is 0 Å². The molecule has 1 aliphatic heterocycles. The smallest absolute Gasteiger partial charge is 0.257 e. The summed E-state index contributed by atoms with van der Waals surface area (Å²) in [6, 6.07) is 15.6. The molecule has 3 rings (SSSR count). The molecule has 6 heteroatoms. The van der Waals surface area contributed by atoms with E-state index in [2.05, 4.69) is 17.9 Å². The molecule has 2 aromatic carbocycles. The number of amides is 1. The maximum atomic E-state index is 13.1. The van der Waals surface area contributed by atoms with Gasteiger partial charge in [0.15, 0.2) is 0 Å². The van der Waals surface area contributed by atoms with Gasteiger partial charge < -0.3 is 14.4 Å². The molecular weight excluding hydrogens is 388 g/mol. The van der Waals surface area contributed by atoms with Crippen LogP contribution in [-0.4, -0.2) is 61.7 Å². The Kier molecular flexibility index (Phi) is 7.92. The molecule has 0 aliphatic carbocycles. The number of rotatable bonds is 8. The van der Waals surface area contributed by atoms with Crippen molar-refractivity contribution in [2.45, 2.75) is 19.9 Å². The third-order valence-electron chi connectivity index (χ3n) is 5.31. The highest BCUT2D eigenvalue weighted by atomic mass is 35.5. The lowest BCUT2D eigenvalue weighted by Gasteiger charge is -2.38. The van der Waals surface area contributed by atoms with Crippen LogP contribution in [0.5, 0.6) is 5.75 Å². The monoisotopic (exact) mass is 416 g/mol. The van der Waals surface area contributed by atoms with Crippen LogP contribution in [0.2, 0.25) is 5.02 Å². The van der Waals surface area contributed by atoms with E-state index in [-0.39, 0.29) is 11.9 Å². The standard InChI is InChI=1S/C23H29ClN2O3/c1-3-28-16-17-29-22-11-7-5-9-20(22)23(27)26-14-12-25(13-15-26)18(2)19-8-4-6-10-21(19)24/h4-11,18H,3,12-17H2,1-2H3. The zero-order valence-corrected chi connectivity index (χ0v) is 17.9. The van der Waals surface area contributed by atoms with Gasteiger partial charge in [0.05, 0.1) is 12.2 Å². The maximum Gasteiger partial charge on any atom is 0.257 e. The molecule has 0 N–H and O–H groups in total. The molecule has 0 saturated carbocycles. The van der Waals surface area contributed by atoms with Crippen LogP contribution in [0.3, 0.4) is 0 Å². The second-order valence-electron chi connectivity index (χ2n) is 7.07. The van der Waals surface area contributed by atoms with Crippen LogP contribution in [0.15, 0.2) is 48.5 Å². The molecule has 29 heavy (non-hydrogen) atoms. The summed E-state index contributed by atoms with van der Waals surface area (Å²) in [4.78, 5) is 17.4. The van der Waals surface area contributed by atoms with Gasteiger partial charge in [-0.1, -0.05) is 41.9 Å². The molecular formula is C23H29ClN2O3. The van der Waals surface area contributed by atoms with Gasteiger partial charge in [-0.3, -0.25) is 9.69 Å². The van der Waals surface area contributed by atoms with E-state index in [9.17, 15) is 4.79 Å². The minimum Gasteiger partial charge on any atom is -0.490 e. The van der Waals surface area contributed by atoms with E-state index < -0.39 is 0 Å². The summed E-state index contributed by atoms with van der Waals surface area (Å²) >= 11 is 6.36. The van der Waals surface area contributed by atoms with Crippen molar-refractivity contribution in [2.24, 2.45) is 0 Å². The first kappa shape index (κ1) is 21.6. The molecule has 2 aromatic rings. The van der Waals surface area contributed by atoms with Gasteiger partial charge in [-0.2, -0.15) is 0 Å². The van der Waals surface area contributed by atoms with Gasteiger partial charge in [0.1, 0.15) is 12.4 Å². The summed E-state index contributed by atoms with van der Waals surface area (Å²) in [6.45, 7) is 8.70. The molecule has 1 heterocycles. The highest BCUT2D eigenvalue weighted by Crippen LogP contribution is 2.28. The van der Waals surface area contributed by atoms with E-state index in [1.165, 1.54) is 0 Å². The molecule has 1 fully saturated rings. The molecule has 1 amide bonds. The van der Waals surface area contributed by atoms with Crippen LogP contribution in [0.1, 0.15) is 35.8 Å². The fourth-order valence-electron chi connectivity index (χ4n) is 3.62. The zero-order valence-electron chi connectivity index (χ0n) is 17.1. The number of nitrogens with zero attached hydrogens (tertiary/aromatic N) is 2. The second kappa shape index (κ2) is 10.6. The molecule has 1 unspecified atom stereocenters. The fraction of sp³-hybridized carbons (Fsp3) is 0.435. The molecule has 1 aliphatic rings. The van der Waals surface area contributed by atoms with E-state index in [1.807, 2.05) is 54.3 Å². The van der Waals surface area contributed by atoms with Gasteiger partial charge in [0, 0.05) is 43.9 Å². The van der Waals surface area contributed by atoms with Crippen LogP contribution < -0.4 is 4.74 Å². The van der Waals surface area contributed by atoms with Crippen molar-refractivity contribution in [3.8, 4) is 5.75 Å². The lowest BCUT2D eigenvalue weighted by Crippen LogP contribution is -2.49. The van der Waals surface area contributed by atoms with Crippen molar-refractivity contribution in [3.63, 3.8) is 0 Å². The van der Waals surface area contributed by atoms with E-state index in [0.717, 1.165) is 23.7 Å². The van der Waals surface area contributed by atoms with Gasteiger partial charge >= 0.3 is 0 Å². The Morgan fingerprint density at radius 2 is 1.72 bits per heavy atom. The number of ether oxygens (including phenoxy) is 2. The topological polar surface area (TPSA) is 42.0 Å². The first-order valence-electron chi connectivity index (χ1n) is 10.2. The molecule has 0 aromatic heterocycles. The number of piperazine rings is 1. The van der Waals surface area contributed by atoms with Gasteiger partial charge in [0.2, 0.25) is 0 Å². The van der Waals surface area contributed by atoms with Crippen LogP contribution >= 0.6 is 11.6 Å². The van der Waals surface area contributed by atoms with Gasteiger partial charge in [-0.25, -0.2) is 0 Å². The highest BCUT2D eigenvalue weighted by Gasteiger charge is 2.27. The molecule has 1 saturated heterocycles. The summed E-state index contributed by atoms with van der Waals surface area (Å²) in [5.41, 5.74) is 1.73. The van der Waals surface area contributed by atoms with Crippen molar-refractivity contribution in [2.75, 3.05) is 46.0 Å². The Morgan fingerprint density at radius 1 is 1.03 bits per heavy atom. The molecule has 5 nitrogen and oxygen atoms in total. The lowest BCUT2D eigenvalue weighted by atomic mass is 10.1. The van der Waals surface area contributed by atoms with Crippen LogP contribution in [0, 0.1) is 0 Å².